The summed E-state index contributed by atoms with van der Waals surface area (Å²) in [5.74, 6) is -0.813. The zero-order valence-corrected chi connectivity index (χ0v) is 22.1. The number of nitrogens with zero attached hydrogens (tertiary/aromatic N) is 3. The summed E-state index contributed by atoms with van der Waals surface area (Å²) in [7, 11) is 0. The number of anilines is 1. The van der Waals surface area contributed by atoms with Crippen molar-refractivity contribution in [2.45, 2.75) is 64.8 Å². The van der Waals surface area contributed by atoms with Crippen LogP contribution in [0.15, 0.2) is 48.8 Å². The maximum Gasteiger partial charge on any atom is 0.237 e. The molecule has 1 aliphatic heterocycles. The molecule has 8 heteroatoms. The van der Waals surface area contributed by atoms with E-state index in [2.05, 4.69) is 16.4 Å². The highest BCUT2D eigenvalue weighted by Gasteiger charge is 2.51. The molecule has 2 amide bonds. The van der Waals surface area contributed by atoms with Gasteiger partial charge >= 0.3 is 0 Å². The van der Waals surface area contributed by atoms with Gasteiger partial charge in [0.25, 0.3) is 0 Å². The van der Waals surface area contributed by atoms with Crippen molar-refractivity contribution in [3.63, 3.8) is 0 Å². The van der Waals surface area contributed by atoms with Crippen molar-refractivity contribution in [2.75, 3.05) is 11.9 Å². The second kappa shape index (κ2) is 9.57. The Balaban J connectivity index is 1.31. The molecular formula is C30H32F2N4O2. The van der Waals surface area contributed by atoms with Gasteiger partial charge in [0, 0.05) is 48.1 Å². The van der Waals surface area contributed by atoms with Crippen molar-refractivity contribution in [1.29, 1.82) is 0 Å². The third kappa shape index (κ3) is 4.68. The highest BCUT2D eigenvalue weighted by Crippen LogP contribution is 2.46. The molecular weight excluding hydrogens is 486 g/mol. The van der Waals surface area contributed by atoms with Crippen LogP contribution in [0.25, 0.3) is 0 Å². The Morgan fingerprint density at radius 2 is 1.87 bits per heavy atom. The van der Waals surface area contributed by atoms with Gasteiger partial charge in [0.1, 0.15) is 17.5 Å². The number of carbonyl (C=O) groups is 2. The average Bonchev–Trinajstić information content (AvgIpc) is 3.37. The van der Waals surface area contributed by atoms with Gasteiger partial charge in [-0.15, -0.1) is 0 Å². The molecule has 198 valence electrons. The zero-order valence-electron chi connectivity index (χ0n) is 22.1. The lowest BCUT2D eigenvalue weighted by atomic mass is 9.80. The first-order valence-electron chi connectivity index (χ1n) is 13.0. The van der Waals surface area contributed by atoms with Gasteiger partial charge < -0.3 is 10.2 Å². The number of fused-ring (bicyclic) bond motifs is 3. The highest BCUT2D eigenvalue weighted by atomic mass is 19.1. The van der Waals surface area contributed by atoms with E-state index < -0.39 is 28.5 Å². The molecule has 6 nitrogen and oxygen atoms in total. The monoisotopic (exact) mass is 518 g/mol. The average molecular weight is 519 g/mol. The van der Waals surface area contributed by atoms with Crippen molar-refractivity contribution in [1.82, 2.24) is 14.9 Å². The molecule has 3 aromatic rings. The molecule has 0 fully saturated rings. The van der Waals surface area contributed by atoms with Gasteiger partial charge in [-0.25, -0.2) is 13.8 Å². The lowest BCUT2D eigenvalue weighted by Gasteiger charge is -2.35. The number of nitrogens with one attached hydrogen (secondary N) is 1. The van der Waals surface area contributed by atoms with Gasteiger partial charge in [-0.1, -0.05) is 32.9 Å². The number of pyridine rings is 2. The van der Waals surface area contributed by atoms with E-state index in [-0.39, 0.29) is 11.8 Å². The molecule has 0 unspecified atom stereocenters. The first kappa shape index (κ1) is 25.9. The molecule has 2 aromatic heterocycles. The molecule has 38 heavy (non-hydrogen) atoms. The molecule has 3 heterocycles. The van der Waals surface area contributed by atoms with Crippen molar-refractivity contribution in [2.24, 2.45) is 5.41 Å². The Morgan fingerprint density at radius 1 is 1.13 bits per heavy atom. The Labute approximate surface area is 221 Å². The molecule has 5 rings (SSSR count). The van der Waals surface area contributed by atoms with E-state index in [0.29, 0.717) is 43.6 Å². The molecule has 1 spiro atoms. The number of amides is 2. The second-order valence-corrected chi connectivity index (χ2v) is 11.5. The molecule has 0 saturated carbocycles. The first-order valence-corrected chi connectivity index (χ1v) is 13.0. The third-order valence-electron chi connectivity index (χ3n) is 7.67. The van der Waals surface area contributed by atoms with Crippen LogP contribution in [-0.4, -0.2) is 33.2 Å². The van der Waals surface area contributed by atoms with E-state index in [9.17, 15) is 18.4 Å². The van der Waals surface area contributed by atoms with E-state index in [1.807, 2.05) is 39.1 Å². The van der Waals surface area contributed by atoms with Crippen LogP contribution < -0.4 is 5.32 Å². The lowest BCUT2D eigenvalue weighted by Crippen LogP contribution is -2.41. The predicted molar refractivity (Wildman–Crippen MR) is 140 cm³/mol. The Kier molecular flexibility index (Phi) is 6.53. The van der Waals surface area contributed by atoms with E-state index >= 15 is 0 Å². The molecule has 1 aliphatic carbocycles. The second-order valence-electron chi connectivity index (χ2n) is 11.5. The van der Waals surface area contributed by atoms with Gasteiger partial charge in [0.2, 0.25) is 11.8 Å². The smallest absolute Gasteiger partial charge is 0.237 e. The predicted octanol–water partition coefficient (Wildman–Crippen LogP) is 5.31. The van der Waals surface area contributed by atoms with Crippen molar-refractivity contribution < 1.29 is 18.4 Å². The van der Waals surface area contributed by atoms with Crippen LogP contribution in [0.4, 0.5) is 14.6 Å². The standard InChI is InChI=1S/C30H32F2N4O2/c1-18(20-12-22(31)14-23(32)13-20)36(28(38)29(2,3)4)10-6-7-19-11-21-15-30(16-25(21)34-17-19)24-8-5-9-33-26(24)35-27(30)37/h5,8-9,11-14,17-18H,6-7,10,15-16H2,1-4H3,(H,33,35,37)/t18-,30+/m1/s1. The van der Waals surface area contributed by atoms with Crippen molar-refractivity contribution in [3.05, 3.63) is 88.4 Å². The van der Waals surface area contributed by atoms with Gasteiger partial charge in [-0.3, -0.25) is 14.6 Å². The fraction of sp³-hybridized carbons (Fsp3) is 0.400. The first-order chi connectivity index (χ1) is 18.0. The maximum absolute atomic E-state index is 13.9. The Morgan fingerprint density at radius 3 is 2.58 bits per heavy atom. The number of aromatic nitrogens is 2. The third-order valence-corrected chi connectivity index (χ3v) is 7.67. The molecule has 1 aromatic carbocycles. The normalized spacial score (nSPS) is 18.7. The van der Waals surface area contributed by atoms with Gasteiger partial charge in [0.15, 0.2) is 0 Å². The molecule has 0 saturated heterocycles. The van der Waals surface area contributed by atoms with E-state index in [4.69, 9.17) is 4.98 Å². The van der Waals surface area contributed by atoms with Crippen LogP contribution in [0, 0.1) is 17.0 Å². The quantitative estimate of drug-likeness (QED) is 0.480. The fourth-order valence-electron chi connectivity index (χ4n) is 5.65. The zero-order chi connectivity index (χ0) is 27.2. The van der Waals surface area contributed by atoms with E-state index in [1.165, 1.54) is 12.1 Å². The number of hydrogen-bond acceptors (Lipinski definition) is 4. The van der Waals surface area contributed by atoms with Crippen molar-refractivity contribution >= 4 is 17.6 Å². The Bertz CT molecular complexity index is 1400. The van der Waals surface area contributed by atoms with Crippen LogP contribution in [0.3, 0.4) is 0 Å². The van der Waals surface area contributed by atoms with Crippen LogP contribution in [0.1, 0.15) is 68.1 Å². The number of benzene rings is 1. The summed E-state index contributed by atoms with van der Waals surface area (Å²) in [6.07, 6.45) is 5.97. The van der Waals surface area contributed by atoms with E-state index in [0.717, 1.165) is 28.5 Å². The van der Waals surface area contributed by atoms with Crippen LogP contribution in [0.5, 0.6) is 0 Å². The van der Waals surface area contributed by atoms with Crippen LogP contribution >= 0.6 is 0 Å². The Hall–Kier alpha value is -3.68. The largest absolute Gasteiger partial charge is 0.335 e. The summed E-state index contributed by atoms with van der Waals surface area (Å²) in [4.78, 5) is 37.0. The van der Waals surface area contributed by atoms with Gasteiger partial charge in [0.05, 0.1) is 11.5 Å². The molecule has 1 N–H and O–H groups in total. The minimum Gasteiger partial charge on any atom is -0.335 e. The topological polar surface area (TPSA) is 75.2 Å². The molecule has 0 radical (unpaired) electrons. The minimum absolute atomic E-state index is 0.0372. The van der Waals surface area contributed by atoms with Crippen LogP contribution in [0.2, 0.25) is 0 Å². The highest BCUT2D eigenvalue weighted by molar-refractivity contribution is 6.06. The summed E-state index contributed by atoms with van der Waals surface area (Å²) >= 11 is 0. The fourth-order valence-corrected chi connectivity index (χ4v) is 5.65. The van der Waals surface area contributed by atoms with Gasteiger partial charge in [-0.05, 0) is 61.1 Å². The molecule has 0 bridgehead atoms. The number of hydrogen-bond donors (Lipinski definition) is 1. The summed E-state index contributed by atoms with van der Waals surface area (Å²) in [5.41, 5.74) is 3.04. The SMILES string of the molecule is C[C@H](c1cc(F)cc(F)c1)N(CCCc1cnc2c(c1)C[C@@]1(C2)C(=O)Nc2ncccc21)C(=O)C(C)(C)C. The number of rotatable bonds is 6. The number of halogens is 2. The number of aryl methyl sites for hydroxylation is 1. The summed E-state index contributed by atoms with van der Waals surface area (Å²) in [5, 5.41) is 2.92. The van der Waals surface area contributed by atoms with E-state index in [1.54, 1.807) is 18.0 Å². The summed E-state index contributed by atoms with van der Waals surface area (Å²) < 4.78 is 27.8. The lowest BCUT2D eigenvalue weighted by molar-refractivity contribution is -0.141. The van der Waals surface area contributed by atoms with Crippen molar-refractivity contribution in [3.8, 4) is 0 Å². The van der Waals surface area contributed by atoms with Crippen LogP contribution in [-0.2, 0) is 34.3 Å². The number of carbonyl (C=O) groups excluding carboxylic acids is 2. The summed E-state index contributed by atoms with van der Waals surface area (Å²) in [6, 6.07) is 8.83. The minimum atomic E-state index is -0.664. The summed E-state index contributed by atoms with van der Waals surface area (Å²) in [6.45, 7) is 7.75. The molecule has 2 atom stereocenters. The van der Waals surface area contributed by atoms with Gasteiger partial charge in [-0.2, -0.15) is 0 Å². The maximum atomic E-state index is 13.9. The molecule has 2 aliphatic rings.